The monoisotopic (exact) mass is 272 g/mol. The van der Waals surface area contributed by atoms with Crippen molar-refractivity contribution in [3.8, 4) is 0 Å². The number of hydrogen-bond acceptors (Lipinski definition) is 0. The molecule has 1 aliphatic carbocycles. The van der Waals surface area contributed by atoms with Crippen LogP contribution in [0.5, 0.6) is 0 Å². The second kappa shape index (κ2) is 5.43. The summed E-state index contributed by atoms with van der Waals surface area (Å²) in [4.78, 5) is 0. The van der Waals surface area contributed by atoms with Gasteiger partial charge < -0.3 is 0 Å². The van der Waals surface area contributed by atoms with Crippen molar-refractivity contribution in [1.29, 1.82) is 0 Å². The molecular formula is C10H19Cl3Si. The molecule has 0 saturated heterocycles. The standard InChI is InChI=1S/C10H19Cl3Si/c1-3-8(2)9-6-4-5-7-10(9)14(11,12)13/h8-10H,3-7H2,1-2H3. The zero-order valence-electron chi connectivity index (χ0n) is 8.90. The third-order valence-electron chi connectivity index (χ3n) is 3.61. The molecule has 3 unspecified atom stereocenters. The van der Waals surface area contributed by atoms with E-state index in [1.165, 1.54) is 25.7 Å². The first-order valence-electron chi connectivity index (χ1n) is 5.53. The van der Waals surface area contributed by atoms with Crippen LogP contribution in [-0.4, -0.2) is 6.00 Å². The molecule has 0 N–H and O–H groups in total. The molecule has 0 spiro atoms. The number of hydrogen-bond donors (Lipinski definition) is 0. The molecule has 1 aliphatic rings. The molecule has 0 aromatic carbocycles. The van der Waals surface area contributed by atoms with Crippen LogP contribution in [-0.2, 0) is 0 Å². The van der Waals surface area contributed by atoms with Crippen molar-refractivity contribution in [2.45, 2.75) is 51.5 Å². The van der Waals surface area contributed by atoms with Crippen molar-refractivity contribution < 1.29 is 0 Å². The Morgan fingerprint density at radius 2 is 1.79 bits per heavy atom. The summed E-state index contributed by atoms with van der Waals surface area (Å²) in [5.74, 6) is 1.37. The lowest BCUT2D eigenvalue weighted by Crippen LogP contribution is -2.33. The molecule has 1 rings (SSSR count). The summed E-state index contributed by atoms with van der Waals surface area (Å²) in [6, 6.07) is -2.48. The second-order valence-electron chi connectivity index (χ2n) is 4.48. The molecule has 0 radical (unpaired) electrons. The summed E-state index contributed by atoms with van der Waals surface area (Å²) in [6.07, 6.45) is 6.17. The van der Waals surface area contributed by atoms with Gasteiger partial charge in [0, 0.05) is 0 Å². The van der Waals surface area contributed by atoms with Crippen LogP contribution in [0.2, 0.25) is 5.54 Å². The van der Waals surface area contributed by atoms with E-state index < -0.39 is 6.00 Å². The zero-order valence-corrected chi connectivity index (χ0v) is 12.2. The van der Waals surface area contributed by atoms with Gasteiger partial charge in [-0.2, -0.15) is 0 Å². The first-order valence-corrected chi connectivity index (χ1v) is 10.6. The Labute approximate surface area is 102 Å². The molecule has 0 heterocycles. The zero-order chi connectivity index (χ0) is 10.8. The fourth-order valence-electron chi connectivity index (χ4n) is 2.55. The molecule has 0 aliphatic heterocycles. The molecule has 3 atom stereocenters. The van der Waals surface area contributed by atoms with E-state index in [1.807, 2.05) is 0 Å². The van der Waals surface area contributed by atoms with Gasteiger partial charge in [0.25, 0.3) is 0 Å². The van der Waals surface area contributed by atoms with Gasteiger partial charge in [-0.05, 0) is 23.8 Å². The van der Waals surface area contributed by atoms with Gasteiger partial charge in [-0.3, -0.25) is 0 Å². The summed E-state index contributed by atoms with van der Waals surface area (Å²) in [7, 11) is 0. The Bertz CT molecular complexity index is 179. The molecule has 0 amide bonds. The molecule has 0 aromatic heterocycles. The highest BCUT2D eigenvalue weighted by atomic mass is 35.8. The van der Waals surface area contributed by atoms with Gasteiger partial charge in [-0.15, -0.1) is 33.2 Å². The second-order valence-corrected chi connectivity index (χ2v) is 13.4. The molecule has 4 heteroatoms. The van der Waals surface area contributed by atoms with Gasteiger partial charge in [0.2, 0.25) is 0 Å². The highest BCUT2D eigenvalue weighted by Gasteiger charge is 2.44. The van der Waals surface area contributed by atoms with Crippen LogP contribution in [0.1, 0.15) is 46.0 Å². The highest BCUT2D eigenvalue weighted by molar-refractivity contribution is 7.65. The topological polar surface area (TPSA) is 0 Å². The van der Waals surface area contributed by atoms with E-state index in [1.54, 1.807) is 0 Å². The molecule has 1 fully saturated rings. The summed E-state index contributed by atoms with van der Waals surface area (Å²) >= 11 is 18.5. The molecule has 0 aromatic rings. The molecule has 84 valence electrons. The Hall–Kier alpha value is 1.09. The molecule has 1 saturated carbocycles. The van der Waals surface area contributed by atoms with Crippen molar-refractivity contribution in [1.82, 2.24) is 0 Å². The maximum Gasteiger partial charge on any atom is 0.344 e. The van der Waals surface area contributed by atoms with Crippen LogP contribution in [0.25, 0.3) is 0 Å². The van der Waals surface area contributed by atoms with E-state index in [9.17, 15) is 0 Å². The van der Waals surface area contributed by atoms with Crippen molar-refractivity contribution >= 4 is 39.2 Å². The third kappa shape index (κ3) is 3.30. The van der Waals surface area contributed by atoms with E-state index in [0.717, 1.165) is 6.42 Å². The van der Waals surface area contributed by atoms with E-state index in [2.05, 4.69) is 13.8 Å². The molecule has 0 bridgehead atoms. The van der Waals surface area contributed by atoms with E-state index in [-0.39, 0.29) is 0 Å². The molecule has 0 nitrogen and oxygen atoms in total. The summed E-state index contributed by atoms with van der Waals surface area (Å²) in [6.45, 7) is 4.53. The van der Waals surface area contributed by atoms with Crippen LogP contribution < -0.4 is 0 Å². The SMILES string of the molecule is CCC(C)C1CCCCC1[Si](Cl)(Cl)Cl. The maximum atomic E-state index is 6.18. The predicted molar refractivity (Wildman–Crippen MR) is 68.5 cm³/mol. The first kappa shape index (κ1) is 13.2. The van der Waals surface area contributed by atoms with Gasteiger partial charge in [-0.25, -0.2) is 0 Å². The van der Waals surface area contributed by atoms with E-state index in [0.29, 0.717) is 17.4 Å². The third-order valence-corrected chi connectivity index (χ3v) is 7.70. The lowest BCUT2D eigenvalue weighted by atomic mass is 9.79. The lowest BCUT2D eigenvalue weighted by Gasteiger charge is -2.38. The van der Waals surface area contributed by atoms with Crippen LogP contribution in [0, 0.1) is 11.8 Å². The number of rotatable bonds is 3. The van der Waals surface area contributed by atoms with Crippen molar-refractivity contribution in [3.63, 3.8) is 0 Å². The number of halogens is 3. The van der Waals surface area contributed by atoms with Gasteiger partial charge in [0.1, 0.15) is 0 Å². The predicted octanol–water partition coefficient (Wildman–Crippen LogP) is 5.25. The minimum Gasteiger partial charge on any atom is -0.126 e. The highest BCUT2D eigenvalue weighted by Crippen LogP contribution is 2.50. The molecule has 14 heavy (non-hydrogen) atoms. The largest absolute Gasteiger partial charge is 0.344 e. The minimum absolute atomic E-state index is 0.399. The lowest BCUT2D eigenvalue weighted by molar-refractivity contribution is 0.257. The smallest absolute Gasteiger partial charge is 0.126 e. The van der Waals surface area contributed by atoms with Gasteiger partial charge in [0.15, 0.2) is 0 Å². The Morgan fingerprint density at radius 3 is 2.29 bits per heavy atom. The Morgan fingerprint density at radius 1 is 1.21 bits per heavy atom. The van der Waals surface area contributed by atoms with Crippen molar-refractivity contribution in [2.75, 3.05) is 0 Å². The van der Waals surface area contributed by atoms with Crippen LogP contribution in [0.4, 0.5) is 0 Å². The van der Waals surface area contributed by atoms with Gasteiger partial charge in [-0.1, -0.05) is 39.5 Å². The Kier molecular flexibility index (Phi) is 5.10. The summed E-state index contributed by atoms with van der Waals surface area (Å²) in [5, 5.41) is 0. The maximum absolute atomic E-state index is 6.18. The Balaban J connectivity index is 2.69. The minimum atomic E-state index is -2.48. The quantitative estimate of drug-likeness (QED) is 0.487. The molecular weight excluding hydrogens is 255 g/mol. The normalized spacial score (nSPS) is 31.5. The van der Waals surface area contributed by atoms with Gasteiger partial charge in [0.05, 0.1) is 0 Å². The van der Waals surface area contributed by atoms with E-state index >= 15 is 0 Å². The van der Waals surface area contributed by atoms with Crippen LogP contribution in [0.3, 0.4) is 0 Å². The average molecular weight is 274 g/mol. The summed E-state index contributed by atoms with van der Waals surface area (Å²) < 4.78 is 0. The van der Waals surface area contributed by atoms with E-state index in [4.69, 9.17) is 33.2 Å². The van der Waals surface area contributed by atoms with Crippen LogP contribution >= 0.6 is 33.2 Å². The fraction of sp³-hybridized carbons (Fsp3) is 1.00. The van der Waals surface area contributed by atoms with Crippen LogP contribution in [0.15, 0.2) is 0 Å². The first-order chi connectivity index (χ1) is 6.46. The van der Waals surface area contributed by atoms with Crippen molar-refractivity contribution in [2.24, 2.45) is 11.8 Å². The van der Waals surface area contributed by atoms with Gasteiger partial charge >= 0.3 is 6.00 Å². The summed E-state index contributed by atoms with van der Waals surface area (Å²) in [5.41, 5.74) is 0.399. The average Bonchev–Trinajstić information content (AvgIpc) is 2.15. The fourth-order valence-corrected chi connectivity index (χ4v) is 6.50. The van der Waals surface area contributed by atoms with Crippen molar-refractivity contribution in [3.05, 3.63) is 0 Å².